The zero-order valence-electron chi connectivity index (χ0n) is 22.2. The van der Waals surface area contributed by atoms with Gasteiger partial charge < -0.3 is 14.2 Å². The second-order valence-electron chi connectivity index (χ2n) is 8.58. The van der Waals surface area contributed by atoms with E-state index in [9.17, 15) is 13.2 Å². The highest BCUT2D eigenvalue weighted by atomic mass is 35.5. The van der Waals surface area contributed by atoms with Gasteiger partial charge in [0.2, 0.25) is 0 Å². The first kappa shape index (κ1) is 28.7. The van der Waals surface area contributed by atoms with Gasteiger partial charge in [0, 0.05) is 23.1 Å². The van der Waals surface area contributed by atoms with Crippen LogP contribution in [0.25, 0.3) is 10.9 Å². The molecule has 0 unspecified atom stereocenters. The number of rotatable bonds is 10. The molecule has 0 aliphatic carbocycles. The molecule has 0 bridgehead atoms. The lowest BCUT2D eigenvalue weighted by molar-refractivity contribution is -0.119. The maximum atomic E-state index is 13.7. The molecule has 0 aliphatic heterocycles. The zero-order chi connectivity index (χ0) is 28.9. The first-order chi connectivity index (χ1) is 19.2. The first-order valence-corrected chi connectivity index (χ1v) is 13.8. The molecule has 0 radical (unpaired) electrons. The van der Waals surface area contributed by atoms with Gasteiger partial charge in [0.1, 0.15) is 28.9 Å². The Bertz CT molecular complexity index is 1680. The van der Waals surface area contributed by atoms with Crippen molar-refractivity contribution in [3.05, 3.63) is 83.0 Å². The van der Waals surface area contributed by atoms with Crippen LogP contribution in [0.3, 0.4) is 0 Å². The van der Waals surface area contributed by atoms with Gasteiger partial charge in [0.05, 0.1) is 43.6 Å². The Morgan fingerprint density at radius 2 is 1.65 bits per heavy atom. The molecule has 0 atom stereocenters. The molecular weight excluding hydrogens is 556 g/mol. The molecule has 0 spiro atoms. The highest BCUT2D eigenvalue weighted by molar-refractivity contribution is 7.92. The third kappa shape index (κ3) is 6.27. The normalized spacial score (nSPS) is 11.4. The molecule has 0 saturated heterocycles. The topological polar surface area (TPSA) is 119 Å². The highest BCUT2D eigenvalue weighted by Gasteiger charge is 2.30. The summed E-state index contributed by atoms with van der Waals surface area (Å²) in [5.41, 5.74) is 4.47. The Kier molecular flexibility index (Phi) is 8.76. The van der Waals surface area contributed by atoms with E-state index in [1.807, 2.05) is 13.0 Å². The summed E-state index contributed by atoms with van der Waals surface area (Å²) in [5, 5.41) is 4.94. The summed E-state index contributed by atoms with van der Waals surface area (Å²) in [4.78, 5) is 17.4. The molecular formula is C28H27ClN4O6S. The number of nitrogens with zero attached hydrogens (tertiary/aromatic N) is 3. The lowest BCUT2D eigenvalue weighted by atomic mass is 10.1. The van der Waals surface area contributed by atoms with Crippen molar-refractivity contribution >= 4 is 50.3 Å². The Hall–Kier alpha value is -4.35. The number of carbonyl (C=O) groups excluding carboxylic acids is 1. The fourth-order valence-corrected chi connectivity index (χ4v) is 5.44. The van der Waals surface area contributed by atoms with E-state index in [0.29, 0.717) is 22.6 Å². The van der Waals surface area contributed by atoms with E-state index in [2.05, 4.69) is 15.5 Å². The maximum absolute atomic E-state index is 13.7. The number of hydrazone groups is 1. The van der Waals surface area contributed by atoms with E-state index in [4.69, 9.17) is 25.8 Å². The standard InChI is InChI=1S/C28H27ClN4O6S/c1-18-5-10-23(11-6-18)40(35,36)33(25-15-22(38-3)9-12-26(25)39-4)17-27(34)32-30-16-20-13-19-7-8-21(37-2)14-24(19)31-28(20)29/h5-16H,17H2,1-4H3,(H,32,34)/b30-16-. The van der Waals surface area contributed by atoms with Crippen LogP contribution in [0.2, 0.25) is 5.15 Å². The molecule has 3 aromatic carbocycles. The van der Waals surface area contributed by atoms with Crippen molar-refractivity contribution in [2.45, 2.75) is 11.8 Å². The van der Waals surface area contributed by atoms with Gasteiger partial charge in [0.15, 0.2) is 0 Å². The van der Waals surface area contributed by atoms with Crippen LogP contribution in [-0.2, 0) is 14.8 Å². The zero-order valence-corrected chi connectivity index (χ0v) is 23.8. The van der Waals surface area contributed by atoms with Crippen LogP contribution in [0.4, 0.5) is 5.69 Å². The Morgan fingerprint density at radius 1 is 0.975 bits per heavy atom. The highest BCUT2D eigenvalue weighted by Crippen LogP contribution is 2.35. The van der Waals surface area contributed by atoms with Crippen LogP contribution in [0.1, 0.15) is 11.1 Å². The number of nitrogens with one attached hydrogen (secondary N) is 1. The predicted octanol–water partition coefficient (Wildman–Crippen LogP) is 4.57. The predicted molar refractivity (Wildman–Crippen MR) is 154 cm³/mol. The van der Waals surface area contributed by atoms with Crippen LogP contribution in [0.15, 0.2) is 76.7 Å². The lowest BCUT2D eigenvalue weighted by Crippen LogP contribution is -2.39. The number of ether oxygens (including phenoxy) is 3. The van der Waals surface area contributed by atoms with E-state index in [0.717, 1.165) is 15.3 Å². The third-order valence-corrected chi connectivity index (χ3v) is 8.03. The molecule has 1 amide bonds. The molecule has 40 heavy (non-hydrogen) atoms. The molecule has 1 aromatic heterocycles. The SMILES string of the molecule is COc1ccc(OC)c(N(CC(=O)N/N=C\c2cc3ccc(OC)cc3nc2Cl)S(=O)(=O)c2ccc(C)cc2)c1. The quantitative estimate of drug-likeness (QED) is 0.165. The van der Waals surface area contributed by atoms with Crippen molar-refractivity contribution in [3.8, 4) is 17.2 Å². The molecule has 4 rings (SSSR count). The number of halogens is 1. The lowest BCUT2D eigenvalue weighted by Gasteiger charge is -2.25. The molecule has 0 saturated carbocycles. The largest absolute Gasteiger partial charge is 0.497 e. The van der Waals surface area contributed by atoms with Crippen LogP contribution in [-0.4, -0.2) is 53.4 Å². The second-order valence-corrected chi connectivity index (χ2v) is 10.8. The number of fused-ring (bicyclic) bond motifs is 1. The number of aryl methyl sites for hydroxylation is 1. The number of sulfonamides is 1. The summed E-state index contributed by atoms with van der Waals surface area (Å²) in [6.07, 6.45) is 1.34. The van der Waals surface area contributed by atoms with Gasteiger partial charge in [-0.15, -0.1) is 0 Å². The van der Waals surface area contributed by atoms with Gasteiger partial charge in [-0.25, -0.2) is 18.8 Å². The molecule has 208 valence electrons. The summed E-state index contributed by atoms with van der Waals surface area (Å²) in [6, 6.07) is 18.1. The molecule has 4 aromatic rings. The van der Waals surface area contributed by atoms with Gasteiger partial charge >= 0.3 is 0 Å². The minimum atomic E-state index is -4.19. The van der Waals surface area contributed by atoms with Crippen molar-refractivity contribution in [2.24, 2.45) is 5.10 Å². The van der Waals surface area contributed by atoms with Gasteiger partial charge in [-0.05, 0) is 49.4 Å². The molecule has 1 N–H and O–H groups in total. The summed E-state index contributed by atoms with van der Waals surface area (Å²) in [6.45, 7) is 1.25. The molecule has 10 nitrogen and oxygen atoms in total. The van der Waals surface area contributed by atoms with E-state index in [1.54, 1.807) is 49.6 Å². The number of hydrogen-bond donors (Lipinski definition) is 1. The number of amides is 1. The Morgan fingerprint density at radius 3 is 2.33 bits per heavy atom. The fourth-order valence-electron chi connectivity index (χ4n) is 3.83. The summed E-state index contributed by atoms with van der Waals surface area (Å²) < 4.78 is 44.3. The minimum Gasteiger partial charge on any atom is -0.497 e. The van der Waals surface area contributed by atoms with Crippen LogP contribution in [0.5, 0.6) is 17.2 Å². The van der Waals surface area contributed by atoms with Crippen LogP contribution in [0, 0.1) is 6.92 Å². The van der Waals surface area contributed by atoms with Crippen LogP contribution >= 0.6 is 11.6 Å². The number of hydrogen-bond acceptors (Lipinski definition) is 8. The van der Waals surface area contributed by atoms with Crippen molar-refractivity contribution in [2.75, 3.05) is 32.2 Å². The average molecular weight is 583 g/mol. The van der Waals surface area contributed by atoms with Gasteiger partial charge in [-0.2, -0.15) is 5.10 Å². The number of anilines is 1. The molecule has 0 aliphatic rings. The maximum Gasteiger partial charge on any atom is 0.264 e. The number of pyridine rings is 1. The summed E-state index contributed by atoms with van der Waals surface area (Å²) >= 11 is 6.31. The van der Waals surface area contributed by atoms with Gasteiger partial charge in [-0.3, -0.25) is 9.10 Å². The van der Waals surface area contributed by atoms with Crippen molar-refractivity contribution in [3.63, 3.8) is 0 Å². The Labute approximate surface area is 237 Å². The smallest absolute Gasteiger partial charge is 0.264 e. The second kappa shape index (κ2) is 12.2. The molecule has 1 heterocycles. The van der Waals surface area contributed by atoms with Crippen molar-refractivity contribution in [1.82, 2.24) is 10.4 Å². The number of aromatic nitrogens is 1. The fraction of sp³-hybridized carbons (Fsp3) is 0.179. The van der Waals surface area contributed by atoms with Crippen molar-refractivity contribution < 1.29 is 27.4 Å². The van der Waals surface area contributed by atoms with Gasteiger partial charge in [-0.1, -0.05) is 29.3 Å². The number of carbonyl (C=O) groups is 1. The summed E-state index contributed by atoms with van der Waals surface area (Å²) in [7, 11) is 0.226. The molecule has 0 fully saturated rings. The van der Waals surface area contributed by atoms with E-state index in [-0.39, 0.29) is 21.5 Å². The third-order valence-electron chi connectivity index (χ3n) is 5.95. The van der Waals surface area contributed by atoms with E-state index in [1.165, 1.54) is 38.6 Å². The average Bonchev–Trinajstić information content (AvgIpc) is 2.95. The number of methoxy groups -OCH3 is 3. The van der Waals surface area contributed by atoms with E-state index < -0.39 is 22.5 Å². The molecule has 12 heteroatoms. The minimum absolute atomic E-state index is 0.00456. The first-order valence-electron chi connectivity index (χ1n) is 11.9. The van der Waals surface area contributed by atoms with Gasteiger partial charge in [0.25, 0.3) is 15.9 Å². The monoisotopic (exact) mass is 582 g/mol. The van der Waals surface area contributed by atoms with E-state index >= 15 is 0 Å². The number of benzene rings is 3. The Balaban J connectivity index is 1.62. The van der Waals surface area contributed by atoms with Crippen LogP contribution < -0.4 is 23.9 Å². The summed E-state index contributed by atoms with van der Waals surface area (Å²) in [5.74, 6) is 0.557. The van der Waals surface area contributed by atoms with Crippen molar-refractivity contribution in [1.29, 1.82) is 0 Å².